The van der Waals surface area contributed by atoms with Crippen LogP contribution in [0.4, 0.5) is 5.82 Å². The second kappa shape index (κ2) is 3.23. The monoisotopic (exact) mass is 312 g/mol. The third-order valence-corrected chi connectivity index (χ3v) is 3.94. The predicted molar refractivity (Wildman–Crippen MR) is 65.6 cm³/mol. The number of halogens is 1. The molecule has 1 aromatic carbocycles. The maximum atomic E-state index is 5.66. The quantitative estimate of drug-likeness (QED) is 0.823. The van der Waals surface area contributed by atoms with Crippen LogP contribution in [0.1, 0.15) is 22.8 Å². The summed E-state index contributed by atoms with van der Waals surface area (Å²) in [5, 5.41) is 3.79. The molecule has 3 nitrogen and oxygen atoms in total. The molecule has 0 saturated carbocycles. The van der Waals surface area contributed by atoms with Crippen molar-refractivity contribution < 1.29 is 4.52 Å². The minimum Gasteiger partial charge on any atom is -0.380 e. The highest BCUT2D eigenvalue weighted by molar-refractivity contribution is 14.1. The lowest BCUT2D eigenvalue weighted by Crippen LogP contribution is -2.18. The van der Waals surface area contributed by atoms with Crippen molar-refractivity contribution in [2.75, 3.05) is 5.73 Å². The Hall–Kier alpha value is -1.04. The number of benzene rings is 1. The van der Waals surface area contributed by atoms with Crippen molar-refractivity contribution in [2.45, 2.75) is 12.3 Å². The third-order valence-electron chi connectivity index (χ3n) is 2.85. The average molecular weight is 312 g/mol. The lowest BCUT2D eigenvalue weighted by molar-refractivity contribution is 0.363. The Morgan fingerprint density at radius 1 is 1.40 bits per heavy atom. The maximum absolute atomic E-state index is 5.66. The summed E-state index contributed by atoms with van der Waals surface area (Å²) in [5.74, 6) is 1.75. The molecular weight excluding hydrogens is 303 g/mol. The molecule has 0 amide bonds. The first-order valence-corrected chi connectivity index (χ1v) is 5.83. The van der Waals surface area contributed by atoms with Gasteiger partial charge in [-0.25, -0.2) is 0 Å². The molecule has 4 heteroatoms. The number of aromatic nitrogens is 1. The highest BCUT2D eigenvalue weighted by Gasteiger charge is 2.32. The highest BCUT2D eigenvalue weighted by Crippen LogP contribution is 2.42. The Labute approximate surface area is 101 Å². The molecule has 15 heavy (non-hydrogen) atoms. The summed E-state index contributed by atoms with van der Waals surface area (Å²) in [4.78, 5) is 0. The van der Waals surface area contributed by atoms with E-state index in [-0.39, 0.29) is 0 Å². The highest BCUT2D eigenvalue weighted by atomic mass is 127. The zero-order valence-electron chi connectivity index (χ0n) is 7.90. The van der Waals surface area contributed by atoms with E-state index in [1.54, 1.807) is 0 Å². The van der Waals surface area contributed by atoms with Gasteiger partial charge in [0.2, 0.25) is 0 Å². The second-order valence-corrected chi connectivity index (χ2v) is 4.78. The van der Waals surface area contributed by atoms with Gasteiger partial charge in [-0.1, -0.05) is 29.4 Å². The molecule has 76 valence electrons. The number of fused-ring (bicyclic) bond motifs is 1. The molecule has 0 radical (unpaired) electrons. The number of anilines is 1. The lowest BCUT2D eigenvalue weighted by Gasteiger charge is -2.27. The normalized spacial score (nSPS) is 18.3. The maximum Gasteiger partial charge on any atom is 0.180 e. The van der Waals surface area contributed by atoms with Crippen LogP contribution >= 0.6 is 22.6 Å². The summed E-state index contributed by atoms with van der Waals surface area (Å²) in [5.41, 5.74) is 8.40. The van der Waals surface area contributed by atoms with Crippen LogP contribution in [0.15, 0.2) is 28.8 Å². The Morgan fingerprint density at radius 2 is 2.20 bits per heavy atom. The molecule has 1 unspecified atom stereocenters. The van der Waals surface area contributed by atoms with E-state index in [1.807, 2.05) is 0 Å². The summed E-state index contributed by atoms with van der Waals surface area (Å²) in [7, 11) is 0. The van der Waals surface area contributed by atoms with Gasteiger partial charge in [-0.15, -0.1) is 0 Å². The summed E-state index contributed by atoms with van der Waals surface area (Å²) < 4.78 is 6.22. The second-order valence-electron chi connectivity index (χ2n) is 3.70. The number of hydrogen-bond donors (Lipinski definition) is 1. The Balaban J connectivity index is 2.03. The molecule has 1 aliphatic rings. The van der Waals surface area contributed by atoms with Crippen LogP contribution in [0, 0.1) is 3.57 Å². The number of nitrogens with two attached hydrogens (primary N) is 1. The van der Waals surface area contributed by atoms with Crippen molar-refractivity contribution in [3.05, 3.63) is 44.7 Å². The number of nitrogen functional groups attached to an aromatic ring is 1. The van der Waals surface area contributed by atoms with Crippen LogP contribution < -0.4 is 5.73 Å². The van der Waals surface area contributed by atoms with Crippen LogP contribution in [0.3, 0.4) is 0 Å². The fourth-order valence-corrected chi connectivity index (χ4v) is 2.59. The minimum absolute atomic E-state index is 0.345. The Kier molecular flexibility index (Phi) is 1.98. The summed E-state index contributed by atoms with van der Waals surface area (Å²) in [6.07, 6.45) is 1.03. The molecule has 1 aliphatic carbocycles. The molecule has 1 heterocycles. The smallest absolute Gasteiger partial charge is 0.180 e. The average Bonchev–Trinajstić information content (AvgIpc) is 2.52. The molecular formula is C11H9IN2O. The zero-order valence-corrected chi connectivity index (χ0v) is 10.1. The summed E-state index contributed by atoms with van der Waals surface area (Å²) in [6.45, 7) is 0. The van der Waals surface area contributed by atoms with E-state index < -0.39 is 0 Å². The summed E-state index contributed by atoms with van der Waals surface area (Å²) in [6, 6.07) is 8.41. The third kappa shape index (κ3) is 1.27. The van der Waals surface area contributed by atoms with E-state index in [9.17, 15) is 0 Å². The topological polar surface area (TPSA) is 52.0 Å². The Morgan fingerprint density at radius 3 is 2.87 bits per heavy atom. The van der Waals surface area contributed by atoms with Crippen molar-refractivity contribution in [1.29, 1.82) is 0 Å². The molecule has 0 fully saturated rings. The van der Waals surface area contributed by atoms with E-state index in [2.05, 4.69) is 52.0 Å². The van der Waals surface area contributed by atoms with Crippen LogP contribution in [0.5, 0.6) is 0 Å². The number of hydrogen-bond acceptors (Lipinski definition) is 3. The summed E-state index contributed by atoms with van der Waals surface area (Å²) >= 11 is 2.19. The molecule has 3 rings (SSSR count). The number of rotatable bonds is 1. The van der Waals surface area contributed by atoms with E-state index >= 15 is 0 Å². The van der Waals surface area contributed by atoms with E-state index in [4.69, 9.17) is 10.3 Å². The zero-order chi connectivity index (χ0) is 10.4. The SMILES string of the molecule is Nc1noc(C2Cc3ccccc32)c1I. The minimum atomic E-state index is 0.345. The molecule has 0 aliphatic heterocycles. The van der Waals surface area contributed by atoms with Crippen molar-refractivity contribution in [2.24, 2.45) is 0 Å². The van der Waals surface area contributed by atoms with E-state index in [0.29, 0.717) is 11.7 Å². The molecule has 0 spiro atoms. The van der Waals surface area contributed by atoms with Gasteiger partial charge >= 0.3 is 0 Å². The van der Waals surface area contributed by atoms with Gasteiger partial charge in [0.05, 0.1) is 5.92 Å². The van der Waals surface area contributed by atoms with E-state index in [1.165, 1.54) is 11.1 Å². The van der Waals surface area contributed by atoms with Gasteiger partial charge in [-0.2, -0.15) is 0 Å². The number of nitrogens with zero attached hydrogens (tertiary/aromatic N) is 1. The fraction of sp³-hybridized carbons (Fsp3) is 0.182. The van der Waals surface area contributed by atoms with Gasteiger partial charge in [0.15, 0.2) is 11.6 Å². The largest absolute Gasteiger partial charge is 0.380 e. The standard InChI is InChI=1S/C11H9IN2O/c12-9-10(15-14-11(9)13)8-5-6-3-1-2-4-7(6)8/h1-4,8H,5H2,(H2,13,14). The van der Waals surface area contributed by atoms with Gasteiger partial charge in [-0.3, -0.25) is 0 Å². The first kappa shape index (κ1) is 9.21. The molecule has 0 saturated heterocycles. The van der Waals surface area contributed by atoms with Crippen molar-refractivity contribution in [1.82, 2.24) is 5.16 Å². The van der Waals surface area contributed by atoms with Gasteiger partial charge < -0.3 is 10.3 Å². The van der Waals surface area contributed by atoms with Crippen molar-refractivity contribution in [3.8, 4) is 0 Å². The van der Waals surface area contributed by atoms with Crippen molar-refractivity contribution in [3.63, 3.8) is 0 Å². The molecule has 0 bridgehead atoms. The fourth-order valence-electron chi connectivity index (χ4n) is 2.01. The van der Waals surface area contributed by atoms with Crippen LogP contribution in [0.2, 0.25) is 0 Å². The first-order valence-electron chi connectivity index (χ1n) is 4.75. The van der Waals surface area contributed by atoms with Crippen LogP contribution in [-0.2, 0) is 6.42 Å². The molecule has 2 aromatic rings. The van der Waals surface area contributed by atoms with Gasteiger partial charge in [0, 0.05) is 0 Å². The first-order chi connectivity index (χ1) is 7.27. The van der Waals surface area contributed by atoms with E-state index in [0.717, 1.165) is 15.8 Å². The molecule has 1 aromatic heterocycles. The lowest BCUT2D eigenvalue weighted by atomic mass is 9.76. The predicted octanol–water partition coefficient (Wildman–Crippen LogP) is 2.55. The van der Waals surface area contributed by atoms with Gasteiger partial charge in [-0.05, 0) is 40.1 Å². The van der Waals surface area contributed by atoms with Gasteiger partial charge in [0.25, 0.3) is 0 Å². The molecule has 2 N–H and O–H groups in total. The van der Waals surface area contributed by atoms with Crippen molar-refractivity contribution >= 4 is 28.4 Å². The van der Waals surface area contributed by atoms with Crippen LogP contribution in [0.25, 0.3) is 0 Å². The van der Waals surface area contributed by atoms with Crippen LogP contribution in [-0.4, -0.2) is 5.16 Å². The van der Waals surface area contributed by atoms with Gasteiger partial charge in [0.1, 0.15) is 3.57 Å². The molecule has 1 atom stereocenters. The Bertz CT molecular complexity index is 521.